The van der Waals surface area contributed by atoms with Crippen molar-refractivity contribution in [1.82, 2.24) is 9.97 Å². The van der Waals surface area contributed by atoms with E-state index in [1.165, 1.54) is 19.3 Å². The van der Waals surface area contributed by atoms with Crippen molar-refractivity contribution in [1.29, 1.82) is 5.26 Å². The van der Waals surface area contributed by atoms with E-state index in [1.54, 1.807) is 0 Å². The Morgan fingerprint density at radius 2 is 2.33 bits per heavy atom. The standard InChI is InChI=1S/C8H7N3O/c1-6(12)2-7-4-11-8(3-9)5-10-7/h4-5H,2H2,1H3. The molecule has 0 unspecified atom stereocenters. The maximum absolute atomic E-state index is 10.6. The number of Topliss-reactive ketones (excluding diaryl/α,β-unsaturated/α-hetero) is 1. The van der Waals surface area contributed by atoms with Crippen LogP contribution in [0.1, 0.15) is 18.3 Å². The summed E-state index contributed by atoms with van der Waals surface area (Å²) in [5, 5.41) is 8.39. The van der Waals surface area contributed by atoms with Crippen molar-refractivity contribution >= 4 is 5.78 Å². The summed E-state index contributed by atoms with van der Waals surface area (Å²) >= 11 is 0. The molecule has 0 amide bonds. The molecule has 60 valence electrons. The van der Waals surface area contributed by atoms with Crippen LogP contribution in [-0.4, -0.2) is 15.8 Å². The lowest BCUT2D eigenvalue weighted by molar-refractivity contribution is -0.116. The van der Waals surface area contributed by atoms with Crippen LogP contribution in [0, 0.1) is 11.3 Å². The lowest BCUT2D eigenvalue weighted by atomic mass is 10.2. The summed E-state index contributed by atoms with van der Waals surface area (Å²) < 4.78 is 0. The van der Waals surface area contributed by atoms with Gasteiger partial charge in [-0.15, -0.1) is 0 Å². The monoisotopic (exact) mass is 161 g/mol. The van der Waals surface area contributed by atoms with Crippen LogP contribution in [0.4, 0.5) is 0 Å². The highest BCUT2D eigenvalue weighted by molar-refractivity contribution is 5.77. The van der Waals surface area contributed by atoms with Gasteiger partial charge in [0.1, 0.15) is 11.9 Å². The number of ketones is 1. The first-order chi connectivity index (χ1) is 5.72. The Bertz CT molecular complexity index is 323. The van der Waals surface area contributed by atoms with Crippen molar-refractivity contribution in [2.24, 2.45) is 0 Å². The summed E-state index contributed by atoms with van der Waals surface area (Å²) in [6.45, 7) is 1.49. The largest absolute Gasteiger partial charge is 0.300 e. The summed E-state index contributed by atoms with van der Waals surface area (Å²) in [6, 6.07) is 1.85. The van der Waals surface area contributed by atoms with Crippen LogP contribution in [-0.2, 0) is 11.2 Å². The van der Waals surface area contributed by atoms with Gasteiger partial charge in [-0.25, -0.2) is 4.98 Å². The summed E-state index contributed by atoms with van der Waals surface area (Å²) in [7, 11) is 0. The molecule has 0 aromatic carbocycles. The van der Waals surface area contributed by atoms with E-state index in [0.29, 0.717) is 5.69 Å². The minimum absolute atomic E-state index is 0.0361. The molecule has 1 rings (SSSR count). The third-order valence-corrected chi connectivity index (χ3v) is 1.25. The Morgan fingerprint density at radius 3 is 2.75 bits per heavy atom. The molecule has 0 bridgehead atoms. The Hall–Kier alpha value is -1.76. The lowest BCUT2D eigenvalue weighted by Crippen LogP contribution is -2.00. The smallest absolute Gasteiger partial charge is 0.158 e. The van der Waals surface area contributed by atoms with Gasteiger partial charge in [-0.1, -0.05) is 0 Å². The van der Waals surface area contributed by atoms with Gasteiger partial charge in [0.2, 0.25) is 0 Å². The molecule has 0 N–H and O–H groups in total. The number of carbonyl (C=O) groups is 1. The molecule has 4 nitrogen and oxygen atoms in total. The van der Waals surface area contributed by atoms with Crippen LogP contribution in [0.2, 0.25) is 0 Å². The van der Waals surface area contributed by atoms with Crippen molar-refractivity contribution in [2.75, 3.05) is 0 Å². The average molecular weight is 161 g/mol. The van der Waals surface area contributed by atoms with Crippen molar-refractivity contribution in [3.8, 4) is 6.07 Å². The van der Waals surface area contributed by atoms with Crippen LogP contribution in [0.3, 0.4) is 0 Å². The van der Waals surface area contributed by atoms with E-state index in [9.17, 15) is 4.79 Å². The molecular weight excluding hydrogens is 154 g/mol. The molecule has 1 aromatic heterocycles. The number of rotatable bonds is 2. The van der Waals surface area contributed by atoms with Crippen LogP contribution >= 0.6 is 0 Å². The predicted octanol–water partition coefficient (Wildman–Crippen LogP) is 0.480. The van der Waals surface area contributed by atoms with E-state index < -0.39 is 0 Å². The Kier molecular flexibility index (Phi) is 2.49. The zero-order valence-corrected chi connectivity index (χ0v) is 6.61. The highest BCUT2D eigenvalue weighted by atomic mass is 16.1. The van der Waals surface area contributed by atoms with E-state index in [0.717, 1.165) is 0 Å². The molecule has 1 aromatic rings. The van der Waals surface area contributed by atoms with E-state index in [2.05, 4.69) is 9.97 Å². The van der Waals surface area contributed by atoms with Gasteiger partial charge >= 0.3 is 0 Å². The van der Waals surface area contributed by atoms with Crippen molar-refractivity contribution in [3.05, 3.63) is 23.8 Å². The maximum atomic E-state index is 10.6. The highest BCUT2D eigenvalue weighted by Crippen LogP contribution is 1.95. The summed E-state index contributed by atoms with van der Waals surface area (Å²) in [4.78, 5) is 18.3. The quantitative estimate of drug-likeness (QED) is 0.632. The molecule has 0 fully saturated rings. The van der Waals surface area contributed by atoms with Crippen LogP contribution < -0.4 is 0 Å². The number of nitriles is 1. The van der Waals surface area contributed by atoms with E-state index in [4.69, 9.17) is 5.26 Å². The topological polar surface area (TPSA) is 66.6 Å². The van der Waals surface area contributed by atoms with Crippen LogP contribution in [0.5, 0.6) is 0 Å². The second-order valence-electron chi connectivity index (χ2n) is 2.38. The normalized spacial score (nSPS) is 9.00. The van der Waals surface area contributed by atoms with Crippen molar-refractivity contribution < 1.29 is 4.79 Å². The first-order valence-corrected chi connectivity index (χ1v) is 3.43. The maximum Gasteiger partial charge on any atom is 0.158 e. The summed E-state index contributed by atoms with van der Waals surface area (Å²) in [5.41, 5.74) is 0.865. The molecule has 0 radical (unpaired) electrons. The van der Waals surface area contributed by atoms with Gasteiger partial charge in [-0.05, 0) is 6.92 Å². The Morgan fingerprint density at radius 1 is 1.58 bits per heavy atom. The minimum atomic E-state index is 0.0361. The van der Waals surface area contributed by atoms with Gasteiger partial charge in [0.25, 0.3) is 0 Å². The zero-order valence-electron chi connectivity index (χ0n) is 6.61. The number of carbonyl (C=O) groups excluding carboxylic acids is 1. The molecule has 0 aliphatic carbocycles. The molecule has 0 atom stereocenters. The summed E-state index contributed by atoms with van der Waals surface area (Å²) in [5.74, 6) is 0.0361. The second kappa shape index (κ2) is 3.58. The number of nitrogens with zero attached hydrogens (tertiary/aromatic N) is 3. The Labute approximate surface area is 69.9 Å². The third kappa shape index (κ3) is 2.13. The van der Waals surface area contributed by atoms with Gasteiger partial charge in [-0.3, -0.25) is 9.78 Å². The van der Waals surface area contributed by atoms with Gasteiger partial charge in [0.15, 0.2) is 5.69 Å². The molecule has 1 heterocycles. The van der Waals surface area contributed by atoms with Gasteiger partial charge in [0.05, 0.1) is 18.1 Å². The molecule has 12 heavy (non-hydrogen) atoms. The fourth-order valence-corrected chi connectivity index (χ4v) is 0.759. The zero-order chi connectivity index (χ0) is 8.97. The molecular formula is C8H7N3O. The fourth-order valence-electron chi connectivity index (χ4n) is 0.759. The number of hydrogen-bond acceptors (Lipinski definition) is 4. The van der Waals surface area contributed by atoms with Crippen LogP contribution in [0.15, 0.2) is 12.4 Å². The third-order valence-electron chi connectivity index (χ3n) is 1.25. The lowest BCUT2D eigenvalue weighted by Gasteiger charge is -1.94. The molecule has 4 heteroatoms. The Balaban J connectivity index is 2.80. The van der Waals surface area contributed by atoms with Crippen molar-refractivity contribution in [3.63, 3.8) is 0 Å². The van der Waals surface area contributed by atoms with E-state index in [-0.39, 0.29) is 17.9 Å². The first kappa shape index (κ1) is 8.34. The number of hydrogen-bond donors (Lipinski definition) is 0. The number of aromatic nitrogens is 2. The highest BCUT2D eigenvalue weighted by Gasteiger charge is 1.99. The van der Waals surface area contributed by atoms with Gasteiger partial charge in [-0.2, -0.15) is 5.26 Å². The van der Waals surface area contributed by atoms with Gasteiger partial charge in [0, 0.05) is 6.42 Å². The summed E-state index contributed by atoms with van der Waals surface area (Å²) in [6.07, 6.45) is 3.08. The average Bonchev–Trinajstić information content (AvgIpc) is 2.05. The second-order valence-corrected chi connectivity index (χ2v) is 2.38. The van der Waals surface area contributed by atoms with Gasteiger partial charge < -0.3 is 0 Å². The molecule has 0 aliphatic rings. The SMILES string of the molecule is CC(=O)Cc1cnc(C#N)cn1. The fraction of sp³-hybridized carbons (Fsp3) is 0.250. The first-order valence-electron chi connectivity index (χ1n) is 3.43. The molecule has 0 spiro atoms. The van der Waals surface area contributed by atoms with Crippen LogP contribution in [0.25, 0.3) is 0 Å². The van der Waals surface area contributed by atoms with E-state index >= 15 is 0 Å². The predicted molar refractivity (Wildman–Crippen MR) is 41.1 cm³/mol. The molecule has 0 saturated heterocycles. The molecule has 0 saturated carbocycles. The minimum Gasteiger partial charge on any atom is -0.300 e. The van der Waals surface area contributed by atoms with Crippen molar-refractivity contribution in [2.45, 2.75) is 13.3 Å². The van der Waals surface area contributed by atoms with E-state index in [1.807, 2.05) is 6.07 Å². The molecule has 0 aliphatic heterocycles.